The Hall–Kier alpha value is -2.33. The topological polar surface area (TPSA) is 78.6 Å². The number of benzene rings is 1. The number of nitrogens with zero attached hydrogens (tertiary/aromatic N) is 4. The van der Waals surface area contributed by atoms with Gasteiger partial charge in [-0.2, -0.15) is 0 Å². The molecule has 1 unspecified atom stereocenters. The predicted octanol–water partition coefficient (Wildman–Crippen LogP) is 4.34. The van der Waals surface area contributed by atoms with Crippen LogP contribution in [0.25, 0.3) is 11.5 Å². The second-order valence-corrected chi connectivity index (χ2v) is 7.50. The van der Waals surface area contributed by atoms with Gasteiger partial charge in [-0.1, -0.05) is 29.8 Å². The lowest BCUT2D eigenvalue weighted by atomic mass is 10.2. The van der Waals surface area contributed by atoms with Gasteiger partial charge in [0.1, 0.15) is 17.8 Å². The Kier molecular flexibility index (Phi) is 8.53. The Bertz CT molecular complexity index is 996. The monoisotopic (exact) mass is 552 g/mol. The standard InChI is InChI=1S/C22H25ClN6O.HI/c1-2-24-22(26-13-18-15-30-21(27-18)16-7-4-3-5-8-16)28-17-10-12-29(14-17)20-19(23)9-6-11-25-20;/h3-9,11,15,17H,2,10,12-14H2,1H3,(H2,24,26,28);1H. The molecule has 4 rings (SSSR count). The molecule has 1 fully saturated rings. The fraction of sp³-hybridized carbons (Fsp3) is 0.318. The van der Waals surface area contributed by atoms with E-state index in [0.29, 0.717) is 17.5 Å². The van der Waals surface area contributed by atoms with Gasteiger partial charge in [0, 0.05) is 37.4 Å². The van der Waals surface area contributed by atoms with Gasteiger partial charge < -0.3 is 20.0 Å². The van der Waals surface area contributed by atoms with Crippen molar-refractivity contribution in [1.82, 2.24) is 20.6 Å². The van der Waals surface area contributed by atoms with E-state index in [0.717, 1.165) is 49.1 Å². The Labute approximate surface area is 204 Å². The lowest BCUT2D eigenvalue weighted by Crippen LogP contribution is -2.44. The van der Waals surface area contributed by atoms with E-state index in [1.165, 1.54) is 0 Å². The van der Waals surface area contributed by atoms with E-state index in [4.69, 9.17) is 16.0 Å². The van der Waals surface area contributed by atoms with Crippen LogP contribution in [0.5, 0.6) is 0 Å². The third kappa shape index (κ3) is 6.10. The predicted molar refractivity (Wildman–Crippen MR) is 135 cm³/mol. The van der Waals surface area contributed by atoms with E-state index in [9.17, 15) is 0 Å². The van der Waals surface area contributed by atoms with Gasteiger partial charge in [0.15, 0.2) is 5.96 Å². The third-order valence-corrected chi connectivity index (χ3v) is 5.18. The summed E-state index contributed by atoms with van der Waals surface area (Å²) in [5, 5.41) is 7.50. The number of aromatic nitrogens is 2. The maximum Gasteiger partial charge on any atom is 0.226 e. The molecule has 0 amide bonds. The maximum absolute atomic E-state index is 6.29. The molecule has 3 aromatic rings. The summed E-state index contributed by atoms with van der Waals surface area (Å²) in [4.78, 5) is 15.8. The molecular formula is C22H26ClIN6O. The number of pyridine rings is 1. The number of hydrogen-bond acceptors (Lipinski definition) is 5. The van der Waals surface area contributed by atoms with Crippen molar-refractivity contribution in [3.63, 3.8) is 0 Å². The second-order valence-electron chi connectivity index (χ2n) is 7.09. The number of oxazole rings is 1. The smallest absolute Gasteiger partial charge is 0.226 e. The first-order valence-corrected chi connectivity index (χ1v) is 10.5. The minimum absolute atomic E-state index is 0. The van der Waals surface area contributed by atoms with E-state index >= 15 is 0 Å². The summed E-state index contributed by atoms with van der Waals surface area (Å²) in [5.74, 6) is 2.21. The quantitative estimate of drug-likeness (QED) is 0.269. The first-order chi connectivity index (χ1) is 14.7. The van der Waals surface area contributed by atoms with Crippen LogP contribution in [0.2, 0.25) is 5.02 Å². The van der Waals surface area contributed by atoms with Crippen LogP contribution in [0.3, 0.4) is 0 Å². The molecule has 1 aliphatic rings. The van der Waals surface area contributed by atoms with Crippen LogP contribution in [0.1, 0.15) is 19.0 Å². The number of guanidine groups is 1. The number of rotatable bonds is 6. The molecular weight excluding hydrogens is 527 g/mol. The highest BCUT2D eigenvalue weighted by Crippen LogP contribution is 2.25. The van der Waals surface area contributed by atoms with Crippen LogP contribution in [-0.4, -0.2) is 41.6 Å². The summed E-state index contributed by atoms with van der Waals surface area (Å²) in [6, 6.07) is 13.8. The van der Waals surface area contributed by atoms with Crippen molar-refractivity contribution in [2.45, 2.75) is 25.9 Å². The molecule has 1 aliphatic heterocycles. The van der Waals surface area contributed by atoms with E-state index < -0.39 is 0 Å². The summed E-state index contributed by atoms with van der Waals surface area (Å²) in [5.41, 5.74) is 1.75. The first-order valence-electron chi connectivity index (χ1n) is 10.1. The molecule has 0 radical (unpaired) electrons. The highest BCUT2D eigenvalue weighted by molar-refractivity contribution is 14.0. The summed E-state index contributed by atoms with van der Waals surface area (Å²) >= 11 is 6.29. The van der Waals surface area contributed by atoms with Gasteiger partial charge in [0.25, 0.3) is 0 Å². The minimum Gasteiger partial charge on any atom is -0.444 e. The van der Waals surface area contributed by atoms with Crippen molar-refractivity contribution in [3.05, 3.63) is 65.6 Å². The zero-order chi connectivity index (χ0) is 20.8. The summed E-state index contributed by atoms with van der Waals surface area (Å²) in [6.45, 7) is 4.99. The van der Waals surface area contributed by atoms with Crippen LogP contribution < -0.4 is 15.5 Å². The van der Waals surface area contributed by atoms with Gasteiger partial charge in [-0.3, -0.25) is 0 Å². The van der Waals surface area contributed by atoms with Crippen molar-refractivity contribution in [2.24, 2.45) is 4.99 Å². The van der Waals surface area contributed by atoms with Crippen LogP contribution >= 0.6 is 35.6 Å². The number of anilines is 1. The lowest BCUT2D eigenvalue weighted by molar-refractivity contribution is 0.572. The number of aliphatic imine (C=N–C) groups is 1. The van der Waals surface area contributed by atoms with Gasteiger partial charge in [0.05, 0.1) is 11.6 Å². The molecule has 0 bridgehead atoms. The molecule has 1 atom stereocenters. The molecule has 31 heavy (non-hydrogen) atoms. The van der Waals surface area contributed by atoms with Crippen molar-refractivity contribution >= 4 is 47.4 Å². The minimum atomic E-state index is 0. The molecule has 2 aromatic heterocycles. The van der Waals surface area contributed by atoms with Crippen molar-refractivity contribution in [1.29, 1.82) is 0 Å². The fourth-order valence-corrected chi connectivity index (χ4v) is 3.69. The van der Waals surface area contributed by atoms with Crippen LogP contribution in [0.4, 0.5) is 5.82 Å². The number of hydrogen-bond donors (Lipinski definition) is 2. The second kappa shape index (κ2) is 11.3. The third-order valence-electron chi connectivity index (χ3n) is 4.88. The van der Waals surface area contributed by atoms with Crippen molar-refractivity contribution < 1.29 is 4.42 Å². The molecule has 2 N–H and O–H groups in total. The lowest BCUT2D eigenvalue weighted by Gasteiger charge is -2.20. The summed E-state index contributed by atoms with van der Waals surface area (Å²) < 4.78 is 5.60. The SMILES string of the molecule is CCNC(=NCc1coc(-c2ccccc2)n1)NC1CCN(c2ncccc2Cl)C1.I. The highest BCUT2D eigenvalue weighted by atomic mass is 127. The van der Waals surface area contributed by atoms with Crippen LogP contribution in [0, 0.1) is 0 Å². The van der Waals surface area contributed by atoms with Crippen LogP contribution in [0.15, 0.2) is 64.3 Å². The number of nitrogens with one attached hydrogen (secondary N) is 2. The van der Waals surface area contributed by atoms with Crippen LogP contribution in [-0.2, 0) is 6.54 Å². The zero-order valence-electron chi connectivity index (χ0n) is 17.3. The molecule has 0 saturated carbocycles. The average Bonchev–Trinajstić information content (AvgIpc) is 3.43. The van der Waals surface area contributed by atoms with E-state index in [-0.39, 0.29) is 30.0 Å². The highest BCUT2D eigenvalue weighted by Gasteiger charge is 2.25. The molecule has 3 heterocycles. The largest absolute Gasteiger partial charge is 0.444 e. The maximum atomic E-state index is 6.29. The molecule has 1 saturated heterocycles. The Morgan fingerprint density at radius 3 is 2.87 bits per heavy atom. The molecule has 1 aromatic carbocycles. The molecule has 7 nitrogen and oxygen atoms in total. The average molecular weight is 553 g/mol. The molecule has 164 valence electrons. The Balaban J connectivity index is 0.00000272. The van der Waals surface area contributed by atoms with Gasteiger partial charge in [0.2, 0.25) is 5.89 Å². The van der Waals surface area contributed by atoms with E-state index in [2.05, 4.69) is 37.4 Å². The molecule has 0 spiro atoms. The number of halogens is 2. The Morgan fingerprint density at radius 1 is 1.26 bits per heavy atom. The summed E-state index contributed by atoms with van der Waals surface area (Å²) in [6.07, 6.45) is 4.42. The summed E-state index contributed by atoms with van der Waals surface area (Å²) in [7, 11) is 0. The molecule has 9 heteroatoms. The van der Waals surface area contributed by atoms with Gasteiger partial charge in [-0.05, 0) is 37.6 Å². The van der Waals surface area contributed by atoms with Crippen molar-refractivity contribution in [2.75, 3.05) is 24.5 Å². The Morgan fingerprint density at radius 2 is 2.10 bits per heavy atom. The molecule has 0 aliphatic carbocycles. The van der Waals surface area contributed by atoms with Crippen molar-refractivity contribution in [3.8, 4) is 11.5 Å². The normalized spacial score (nSPS) is 16.1. The fourth-order valence-electron chi connectivity index (χ4n) is 3.45. The zero-order valence-corrected chi connectivity index (χ0v) is 20.4. The van der Waals surface area contributed by atoms with Gasteiger partial charge in [-0.25, -0.2) is 15.0 Å². The first kappa shape index (κ1) is 23.3. The van der Waals surface area contributed by atoms with E-state index in [1.54, 1.807) is 12.5 Å². The van der Waals surface area contributed by atoms with Gasteiger partial charge in [-0.15, -0.1) is 24.0 Å². The van der Waals surface area contributed by atoms with E-state index in [1.807, 2.05) is 42.5 Å². The van der Waals surface area contributed by atoms with Gasteiger partial charge >= 0.3 is 0 Å².